The molecule has 1 aromatic carbocycles. The zero-order valence-electron chi connectivity index (χ0n) is 8.93. The van der Waals surface area contributed by atoms with Gasteiger partial charge in [-0.1, -0.05) is 0 Å². The Morgan fingerprint density at radius 1 is 1.00 bits per heavy atom. The predicted octanol–water partition coefficient (Wildman–Crippen LogP) is 2.19. The summed E-state index contributed by atoms with van der Waals surface area (Å²) in [5, 5.41) is 12.4. The zero-order valence-corrected chi connectivity index (χ0v) is 8.93. The maximum atomic E-state index is 10.4. The van der Waals surface area contributed by atoms with Crippen LogP contribution in [0.25, 0.3) is 0 Å². The largest absolute Gasteiger partial charge is 0.507 e. The van der Waals surface area contributed by atoms with E-state index >= 15 is 0 Å². The predicted molar refractivity (Wildman–Crippen MR) is 56.7 cm³/mol. The Kier molecular flexibility index (Phi) is 2.79. The van der Waals surface area contributed by atoms with Gasteiger partial charge in [-0.3, -0.25) is 4.79 Å². The fourth-order valence-corrected chi connectivity index (χ4v) is 1.57. The van der Waals surface area contributed by atoms with Gasteiger partial charge in [0.25, 0.3) is 0 Å². The van der Waals surface area contributed by atoms with Crippen LogP contribution in [0.3, 0.4) is 0 Å². The molecule has 1 rings (SSSR count). The molecule has 1 aromatic rings. The van der Waals surface area contributed by atoms with Crippen LogP contribution in [-0.2, 0) is 4.79 Å². The highest BCUT2D eigenvalue weighted by atomic mass is 16.3. The van der Waals surface area contributed by atoms with Gasteiger partial charge in [0.15, 0.2) is 0 Å². The fourth-order valence-electron chi connectivity index (χ4n) is 1.57. The number of benzene rings is 1. The average Bonchev–Trinajstić information content (AvgIpc) is 2.19. The molecular weight excluding hydrogens is 178 g/mol. The van der Waals surface area contributed by atoms with Crippen molar-refractivity contribution in [2.24, 2.45) is 0 Å². The number of nitrogens with one attached hydrogen (secondary N) is 1. The van der Waals surface area contributed by atoms with Crippen LogP contribution in [0.4, 0.5) is 5.69 Å². The Labute approximate surface area is 83.8 Å². The number of amides is 1. The summed E-state index contributed by atoms with van der Waals surface area (Å²) in [6.45, 7) is 7.45. The van der Waals surface area contributed by atoms with Gasteiger partial charge in [0.05, 0.1) is 0 Å². The first-order chi connectivity index (χ1) is 6.50. The third kappa shape index (κ3) is 1.45. The van der Waals surface area contributed by atoms with Gasteiger partial charge in [0, 0.05) is 5.69 Å². The van der Waals surface area contributed by atoms with E-state index in [0.29, 0.717) is 12.2 Å². The number of phenols is 1. The minimum atomic E-state index is 0.316. The first-order valence-corrected chi connectivity index (χ1v) is 4.50. The molecule has 0 radical (unpaired) electrons. The van der Waals surface area contributed by atoms with E-state index in [-0.39, 0.29) is 0 Å². The van der Waals surface area contributed by atoms with E-state index in [4.69, 9.17) is 0 Å². The van der Waals surface area contributed by atoms with Crippen LogP contribution in [0.15, 0.2) is 0 Å². The monoisotopic (exact) mass is 193 g/mol. The molecule has 2 N–H and O–H groups in total. The van der Waals surface area contributed by atoms with Crippen molar-refractivity contribution in [3.05, 3.63) is 22.3 Å². The molecule has 3 heteroatoms. The van der Waals surface area contributed by atoms with Crippen molar-refractivity contribution in [2.45, 2.75) is 27.7 Å². The summed E-state index contributed by atoms with van der Waals surface area (Å²) in [7, 11) is 0. The van der Waals surface area contributed by atoms with Gasteiger partial charge in [-0.25, -0.2) is 0 Å². The molecule has 14 heavy (non-hydrogen) atoms. The minimum absolute atomic E-state index is 0.316. The van der Waals surface area contributed by atoms with Gasteiger partial charge in [-0.2, -0.15) is 0 Å². The van der Waals surface area contributed by atoms with Gasteiger partial charge < -0.3 is 10.4 Å². The maximum absolute atomic E-state index is 10.4. The van der Waals surface area contributed by atoms with E-state index in [1.807, 2.05) is 27.7 Å². The quantitative estimate of drug-likeness (QED) is 0.558. The summed E-state index contributed by atoms with van der Waals surface area (Å²) in [6, 6.07) is 0. The lowest BCUT2D eigenvalue weighted by atomic mass is 9.97. The van der Waals surface area contributed by atoms with Crippen molar-refractivity contribution in [3.8, 4) is 5.75 Å². The molecule has 0 saturated carbocycles. The van der Waals surface area contributed by atoms with Crippen LogP contribution in [0.2, 0.25) is 0 Å². The number of rotatable bonds is 2. The first kappa shape index (κ1) is 10.6. The molecule has 0 atom stereocenters. The van der Waals surface area contributed by atoms with Gasteiger partial charge in [0.2, 0.25) is 6.41 Å². The van der Waals surface area contributed by atoms with E-state index in [2.05, 4.69) is 5.32 Å². The van der Waals surface area contributed by atoms with Crippen molar-refractivity contribution < 1.29 is 9.90 Å². The Bertz CT molecular complexity index is 354. The molecule has 0 aromatic heterocycles. The van der Waals surface area contributed by atoms with Crippen molar-refractivity contribution in [2.75, 3.05) is 5.32 Å². The van der Waals surface area contributed by atoms with E-state index in [9.17, 15) is 9.90 Å². The molecule has 0 spiro atoms. The summed E-state index contributed by atoms with van der Waals surface area (Å²) in [5.74, 6) is 0.316. The number of anilines is 1. The third-order valence-electron chi connectivity index (χ3n) is 2.79. The number of carbonyl (C=O) groups is 1. The molecule has 76 valence electrons. The van der Waals surface area contributed by atoms with E-state index < -0.39 is 0 Å². The summed E-state index contributed by atoms with van der Waals surface area (Å²) in [5.41, 5.74) is 4.26. The molecule has 0 aliphatic carbocycles. The standard InChI is InChI=1S/C11H15NO2/c1-6-8(3)11(14)9(4)7(2)10(6)12-5-13/h5,14H,1-4H3,(H,12,13). The van der Waals surface area contributed by atoms with E-state index in [1.165, 1.54) is 0 Å². The molecular formula is C11H15NO2. The molecule has 3 nitrogen and oxygen atoms in total. The lowest BCUT2D eigenvalue weighted by Gasteiger charge is -2.16. The molecule has 0 fully saturated rings. The minimum Gasteiger partial charge on any atom is -0.507 e. The van der Waals surface area contributed by atoms with Gasteiger partial charge in [-0.05, 0) is 49.9 Å². The summed E-state index contributed by atoms with van der Waals surface area (Å²) < 4.78 is 0. The molecule has 0 saturated heterocycles. The van der Waals surface area contributed by atoms with Gasteiger partial charge in [0.1, 0.15) is 5.75 Å². The number of hydrogen-bond donors (Lipinski definition) is 2. The second-order valence-corrected chi connectivity index (χ2v) is 3.49. The Morgan fingerprint density at radius 3 is 1.79 bits per heavy atom. The topological polar surface area (TPSA) is 49.3 Å². The van der Waals surface area contributed by atoms with Gasteiger partial charge >= 0.3 is 0 Å². The maximum Gasteiger partial charge on any atom is 0.211 e. The van der Waals surface area contributed by atoms with Crippen LogP contribution in [-0.4, -0.2) is 11.5 Å². The summed E-state index contributed by atoms with van der Waals surface area (Å²) in [6.07, 6.45) is 0.658. The third-order valence-corrected chi connectivity index (χ3v) is 2.79. The molecule has 0 heterocycles. The van der Waals surface area contributed by atoms with Crippen molar-refractivity contribution in [1.82, 2.24) is 0 Å². The first-order valence-electron chi connectivity index (χ1n) is 4.50. The van der Waals surface area contributed by atoms with Crippen LogP contribution >= 0.6 is 0 Å². The second kappa shape index (κ2) is 3.70. The molecule has 0 aliphatic rings. The summed E-state index contributed by atoms with van der Waals surface area (Å²) in [4.78, 5) is 10.4. The Balaban J connectivity index is 3.50. The highest BCUT2D eigenvalue weighted by Gasteiger charge is 2.13. The van der Waals surface area contributed by atoms with Crippen LogP contribution < -0.4 is 5.32 Å². The van der Waals surface area contributed by atoms with Crippen molar-refractivity contribution in [1.29, 1.82) is 0 Å². The Hall–Kier alpha value is -1.51. The Morgan fingerprint density at radius 2 is 1.43 bits per heavy atom. The highest BCUT2D eigenvalue weighted by molar-refractivity contribution is 5.78. The van der Waals surface area contributed by atoms with Crippen molar-refractivity contribution in [3.63, 3.8) is 0 Å². The number of carbonyl (C=O) groups excluding carboxylic acids is 1. The lowest BCUT2D eigenvalue weighted by Crippen LogP contribution is -2.03. The van der Waals surface area contributed by atoms with Crippen molar-refractivity contribution >= 4 is 12.1 Å². The molecule has 1 amide bonds. The van der Waals surface area contributed by atoms with Crippen LogP contribution in [0.1, 0.15) is 22.3 Å². The smallest absolute Gasteiger partial charge is 0.211 e. The van der Waals surface area contributed by atoms with Crippen LogP contribution in [0.5, 0.6) is 5.75 Å². The SMILES string of the molecule is Cc1c(C)c(NC=O)c(C)c(C)c1O. The fraction of sp³-hybridized carbons (Fsp3) is 0.364. The molecule has 0 unspecified atom stereocenters. The van der Waals surface area contributed by atoms with E-state index in [1.54, 1.807) is 0 Å². The second-order valence-electron chi connectivity index (χ2n) is 3.49. The highest BCUT2D eigenvalue weighted by Crippen LogP contribution is 2.34. The lowest BCUT2D eigenvalue weighted by molar-refractivity contribution is -0.105. The van der Waals surface area contributed by atoms with Gasteiger partial charge in [-0.15, -0.1) is 0 Å². The normalized spacial score (nSPS) is 10.0. The average molecular weight is 193 g/mol. The molecule has 0 bridgehead atoms. The zero-order chi connectivity index (χ0) is 10.9. The van der Waals surface area contributed by atoms with E-state index in [0.717, 1.165) is 27.9 Å². The number of phenolic OH excluding ortho intramolecular Hbond substituents is 1. The summed E-state index contributed by atoms with van der Waals surface area (Å²) >= 11 is 0. The number of aromatic hydroxyl groups is 1. The molecule has 0 aliphatic heterocycles. The number of hydrogen-bond acceptors (Lipinski definition) is 2. The van der Waals surface area contributed by atoms with Crippen LogP contribution in [0, 0.1) is 27.7 Å².